The first-order valence-electron chi connectivity index (χ1n) is 3.57. The van der Waals surface area contributed by atoms with E-state index in [4.69, 9.17) is 5.11 Å². The van der Waals surface area contributed by atoms with Crippen molar-refractivity contribution in [1.29, 1.82) is 0 Å². The van der Waals surface area contributed by atoms with Gasteiger partial charge in [-0.1, -0.05) is 0 Å². The van der Waals surface area contributed by atoms with E-state index >= 15 is 0 Å². The van der Waals surface area contributed by atoms with E-state index in [2.05, 4.69) is 25.0 Å². The number of β-amino-alcohol motifs (C(OH)–C–C–N with tert-alkyl or cyclic N) is 1. The van der Waals surface area contributed by atoms with Crippen molar-refractivity contribution in [3.63, 3.8) is 0 Å². The van der Waals surface area contributed by atoms with E-state index in [0.717, 1.165) is 32.7 Å². The van der Waals surface area contributed by atoms with Crippen LogP contribution in [0.1, 0.15) is 0 Å². The molecular formula is C6H13BrN2O. The predicted molar refractivity (Wildman–Crippen MR) is 44.0 cm³/mol. The number of nitrogens with zero attached hydrogens (tertiary/aromatic N) is 2. The summed E-state index contributed by atoms with van der Waals surface area (Å²) in [5.74, 6) is 0. The molecule has 0 bridgehead atoms. The van der Waals surface area contributed by atoms with Crippen LogP contribution in [-0.2, 0) is 0 Å². The Bertz CT molecular complexity index is 93.7. The maximum absolute atomic E-state index is 8.62. The Kier molecular flexibility index (Phi) is 3.62. The summed E-state index contributed by atoms with van der Waals surface area (Å²) in [4.78, 5) is 2.26. The molecule has 1 N–H and O–H groups in total. The molecule has 0 atom stereocenters. The molecule has 4 heteroatoms. The fourth-order valence-corrected chi connectivity index (χ4v) is 1.41. The zero-order valence-corrected chi connectivity index (χ0v) is 7.55. The maximum Gasteiger partial charge on any atom is 0.0558 e. The van der Waals surface area contributed by atoms with Crippen molar-refractivity contribution >= 4 is 16.1 Å². The SMILES string of the molecule is OCCN1CCN(Br)CC1. The van der Waals surface area contributed by atoms with E-state index in [1.54, 1.807) is 0 Å². The third kappa shape index (κ3) is 2.54. The van der Waals surface area contributed by atoms with Gasteiger partial charge >= 0.3 is 0 Å². The van der Waals surface area contributed by atoms with Gasteiger partial charge in [0.2, 0.25) is 0 Å². The van der Waals surface area contributed by atoms with Gasteiger partial charge in [-0.25, -0.2) is 3.93 Å². The van der Waals surface area contributed by atoms with Gasteiger partial charge in [-0.3, -0.25) is 4.90 Å². The van der Waals surface area contributed by atoms with Crippen LogP contribution in [0.5, 0.6) is 0 Å². The van der Waals surface area contributed by atoms with E-state index in [0.29, 0.717) is 0 Å². The lowest BCUT2D eigenvalue weighted by Gasteiger charge is -2.30. The van der Waals surface area contributed by atoms with E-state index < -0.39 is 0 Å². The standard InChI is InChI=1S/C6H13BrN2O/c7-9-3-1-8(2-4-9)5-6-10/h10H,1-6H2. The van der Waals surface area contributed by atoms with Gasteiger partial charge in [0, 0.05) is 48.9 Å². The van der Waals surface area contributed by atoms with Crippen molar-refractivity contribution in [2.75, 3.05) is 39.3 Å². The molecule has 3 nitrogen and oxygen atoms in total. The van der Waals surface area contributed by atoms with Crippen LogP contribution in [0.15, 0.2) is 0 Å². The fraction of sp³-hybridized carbons (Fsp3) is 1.00. The van der Waals surface area contributed by atoms with E-state index in [1.807, 2.05) is 0 Å². The lowest BCUT2D eigenvalue weighted by Crippen LogP contribution is -2.43. The Hall–Kier alpha value is 0.360. The molecule has 0 aromatic rings. The van der Waals surface area contributed by atoms with Crippen molar-refractivity contribution in [2.24, 2.45) is 0 Å². The summed E-state index contributed by atoms with van der Waals surface area (Å²) < 4.78 is 2.13. The predicted octanol–water partition coefficient (Wildman–Crippen LogP) is -0.0938. The van der Waals surface area contributed by atoms with Crippen molar-refractivity contribution in [1.82, 2.24) is 8.83 Å². The monoisotopic (exact) mass is 208 g/mol. The van der Waals surface area contributed by atoms with E-state index in [1.165, 1.54) is 0 Å². The van der Waals surface area contributed by atoms with E-state index in [9.17, 15) is 0 Å². The molecule has 10 heavy (non-hydrogen) atoms. The van der Waals surface area contributed by atoms with Crippen LogP contribution in [0, 0.1) is 0 Å². The number of halogens is 1. The normalized spacial score (nSPS) is 23.4. The first kappa shape index (κ1) is 8.46. The summed E-state index contributed by atoms with van der Waals surface area (Å²) in [5, 5.41) is 8.62. The number of hydrogen-bond acceptors (Lipinski definition) is 3. The fourth-order valence-electron chi connectivity index (χ4n) is 1.09. The summed E-state index contributed by atoms with van der Waals surface area (Å²) >= 11 is 3.41. The molecule has 0 radical (unpaired) electrons. The minimum atomic E-state index is 0.280. The third-order valence-electron chi connectivity index (χ3n) is 1.73. The molecule has 1 saturated heterocycles. The van der Waals surface area contributed by atoms with Crippen molar-refractivity contribution in [3.05, 3.63) is 0 Å². The van der Waals surface area contributed by atoms with Crippen LogP contribution in [-0.4, -0.2) is 53.3 Å². The Morgan fingerprint density at radius 1 is 1.20 bits per heavy atom. The highest BCUT2D eigenvalue weighted by atomic mass is 79.9. The van der Waals surface area contributed by atoms with Crippen LogP contribution in [0.2, 0.25) is 0 Å². The molecule has 1 aliphatic heterocycles. The van der Waals surface area contributed by atoms with Crippen molar-refractivity contribution in [3.8, 4) is 0 Å². The second-order valence-corrected chi connectivity index (χ2v) is 3.48. The van der Waals surface area contributed by atoms with Gasteiger partial charge in [-0.05, 0) is 0 Å². The molecule has 60 valence electrons. The number of piperazine rings is 1. The summed E-state index contributed by atoms with van der Waals surface area (Å²) in [5.41, 5.74) is 0. The number of aliphatic hydroxyl groups excluding tert-OH is 1. The van der Waals surface area contributed by atoms with E-state index in [-0.39, 0.29) is 6.61 Å². The Balaban J connectivity index is 2.13. The maximum atomic E-state index is 8.62. The minimum absolute atomic E-state index is 0.280. The topological polar surface area (TPSA) is 26.7 Å². The van der Waals surface area contributed by atoms with Crippen molar-refractivity contribution < 1.29 is 5.11 Å². The number of rotatable bonds is 2. The molecule has 1 fully saturated rings. The molecule has 0 amide bonds. The molecule has 1 heterocycles. The summed E-state index contributed by atoms with van der Waals surface area (Å²) in [6.45, 7) is 5.33. The Labute approximate surface area is 69.9 Å². The Morgan fingerprint density at radius 2 is 1.80 bits per heavy atom. The largest absolute Gasteiger partial charge is 0.395 e. The highest BCUT2D eigenvalue weighted by Gasteiger charge is 2.13. The summed E-state index contributed by atoms with van der Waals surface area (Å²) in [6.07, 6.45) is 0. The number of aliphatic hydroxyl groups is 1. The molecule has 0 aromatic carbocycles. The lowest BCUT2D eigenvalue weighted by molar-refractivity contribution is 0.158. The van der Waals surface area contributed by atoms with Crippen LogP contribution < -0.4 is 0 Å². The second kappa shape index (κ2) is 4.28. The van der Waals surface area contributed by atoms with Crippen LogP contribution in [0.25, 0.3) is 0 Å². The highest BCUT2D eigenvalue weighted by Crippen LogP contribution is 2.04. The quantitative estimate of drug-likeness (QED) is 0.643. The molecule has 0 saturated carbocycles. The first-order chi connectivity index (χ1) is 4.83. The first-order valence-corrected chi connectivity index (χ1v) is 4.28. The Morgan fingerprint density at radius 3 is 2.30 bits per heavy atom. The van der Waals surface area contributed by atoms with Gasteiger partial charge in [-0.2, -0.15) is 0 Å². The van der Waals surface area contributed by atoms with Gasteiger partial charge < -0.3 is 5.11 Å². The second-order valence-electron chi connectivity index (χ2n) is 2.48. The minimum Gasteiger partial charge on any atom is -0.395 e. The zero-order chi connectivity index (χ0) is 7.40. The lowest BCUT2D eigenvalue weighted by atomic mass is 10.4. The molecule has 0 aliphatic carbocycles. The van der Waals surface area contributed by atoms with Crippen LogP contribution >= 0.6 is 16.1 Å². The van der Waals surface area contributed by atoms with Gasteiger partial charge in [0.25, 0.3) is 0 Å². The van der Waals surface area contributed by atoms with Crippen molar-refractivity contribution in [2.45, 2.75) is 0 Å². The van der Waals surface area contributed by atoms with Gasteiger partial charge in [0.05, 0.1) is 6.61 Å². The molecule has 0 aromatic heterocycles. The number of hydrogen-bond donors (Lipinski definition) is 1. The molecule has 1 aliphatic rings. The summed E-state index contributed by atoms with van der Waals surface area (Å²) in [6, 6.07) is 0. The van der Waals surface area contributed by atoms with Gasteiger partial charge in [-0.15, -0.1) is 0 Å². The molecule has 0 spiro atoms. The smallest absolute Gasteiger partial charge is 0.0558 e. The van der Waals surface area contributed by atoms with Crippen LogP contribution in [0.4, 0.5) is 0 Å². The molecular weight excluding hydrogens is 196 g/mol. The highest BCUT2D eigenvalue weighted by molar-refractivity contribution is 9.07. The summed E-state index contributed by atoms with van der Waals surface area (Å²) in [7, 11) is 0. The van der Waals surface area contributed by atoms with Gasteiger partial charge in [0.1, 0.15) is 0 Å². The molecule has 1 rings (SSSR count). The third-order valence-corrected chi connectivity index (χ3v) is 2.44. The zero-order valence-electron chi connectivity index (χ0n) is 5.96. The molecule has 0 unspecified atom stereocenters. The average Bonchev–Trinajstić information content (AvgIpc) is 1.95. The van der Waals surface area contributed by atoms with Crippen LogP contribution in [0.3, 0.4) is 0 Å². The average molecular weight is 209 g/mol. The van der Waals surface area contributed by atoms with Gasteiger partial charge in [0.15, 0.2) is 0 Å².